The van der Waals surface area contributed by atoms with Gasteiger partial charge in [0.05, 0.1) is 23.1 Å². The van der Waals surface area contributed by atoms with Gasteiger partial charge in [0.25, 0.3) is 11.8 Å². The van der Waals surface area contributed by atoms with E-state index in [1.54, 1.807) is 24.5 Å². The highest BCUT2D eigenvalue weighted by Crippen LogP contribution is 2.26. The van der Waals surface area contributed by atoms with E-state index in [2.05, 4.69) is 26.2 Å². The van der Waals surface area contributed by atoms with Gasteiger partial charge >= 0.3 is 0 Å². The lowest BCUT2D eigenvalue weighted by Gasteiger charge is -2.13. The molecule has 1 N–H and O–H groups in total. The van der Waals surface area contributed by atoms with Gasteiger partial charge in [-0.2, -0.15) is 0 Å². The molecule has 0 unspecified atom stereocenters. The smallest absolute Gasteiger partial charge is 0.261 e. The number of hydrogen-bond donors (Lipinski definition) is 1. The van der Waals surface area contributed by atoms with Gasteiger partial charge in [0.2, 0.25) is 5.91 Å². The lowest BCUT2D eigenvalue weighted by atomic mass is 10.1. The number of nitrogens with zero attached hydrogens (tertiary/aromatic N) is 3. The number of halogens is 1. The fourth-order valence-corrected chi connectivity index (χ4v) is 3.24. The number of aryl methyl sites for hydroxylation is 1. The van der Waals surface area contributed by atoms with Gasteiger partial charge < -0.3 is 9.88 Å². The summed E-state index contributed by atoms with van der Waals surface area (Å²) in [5.74, 6) is -0.699. The molecule has 3 amide bonds. The Morgan fingerprint density at radius 1 is 1.23 bits per heavy atom. The molecule has 7 nitrogen and oxygen atoms in total. The maximum atomic E-state index is 12.3. The predicted molar refractivity (Wildman–Crippen MR) is 98.7 cm³/mol. The summed E-state index contributed by atoms with van der Waals surface area (Å²) in [6.45, 7) is 0.745. The normalized spacial score (nSPS) is 13.2. The maximum Gasteiger partial charge on any atom is 0.261 e. The van der Waals surface area contributed by atoms with Gasteiger partial charge in [-0.1, -0.05) is 15.9 Å². The van der Waals surface area contributed by atoms with Gasteiger partial charge in [0.1, 0.15) is 0 Å². The molecule has 1 aliphatic rings. The molecule has 1 aromatic carbocycles. The van der Waals surface area contributed by atoms with Crippen LogP contribution in [0.2, 0.25) is 0 Å². The van der Waals surface area contributed by atoms with Crippen molar-refractivity contribution in [1.29, 1.82) is 0 Å². The predicted octanol–water partition coefficient (Wildman–Crippen LogP) is 1.92. The summed E-state index contributed by atoms with van der Waals surface area (Å²) in [5, 5.41) is 2.83. The number of aromatic nitrogens is 2. The molecule has 8 heteroatoms. The van der Waals surface area contributed by atoms with E-state index in [9.17, 15) is 14.4 Å². The summed E-state index contributed by atoms with van der Waals surface area (Å²) in [4.78, 5) is 42.0. The van der Waals surface area contributed by atoms with Gasteiger partial charge in [-0.3, -0.25) is 19.3 Å². The summed E-state index contributed by atoms with van der Waals surface area (Å²) in [6.07, 6.45) is 4.99. The second-order valence-electron chi connectivity index (χ2n) is 6.19. The third kappa shape index (κ3) is 4.01. The number of imidazole rings is 1. The Balaban J connectivity index is 1.43. The molecular weight excluding hydrogens is 400 g/mol. The number of rotatable bonds is 7. The van der Waals surface area contributed by atoms with Crippen LogP contribution in [0.1, 0.15) is 39.3 Å². The second-order valence-corrected chi connectivity index (χ2v) is 7.10. The summed E-state index contributed by atoms with van der Waals surface area (Å²) in [7, 11) is 1.90. The number of nitrogens with one attached hydrogen (secondary N) is 1. The lowest BCUT2D eigenvalue weighted by Crippen LogP contribution is -2.32. The van der Waals surface area contributed by atoms with Crippen molar-refractivity contribution in [2.75, 3.05) is 13.1 Å². The number of amides is 3. The van der Waals surface area contributed by atoms with Crippen molar-refractivity contribution in [3.05, 3.63) is 52.0 Å². The van der Waals surface area contributed by atoms with Crippen molar-refractivity contribution in [1.82, 2.24) is 19.8 Å². The Morgan fingerprint density at radius 3 is 2.73 bits per heavy atom. The summed E-state index contributed by atoms with van der Waals surface area (Å²) in [5.41, 5.74) is 1.74. The first-order valence-corrected chi connectivity index (χ1v) is 9.14. The van der Waals surface area contributed by atoms with Crippen molar-refractivity contribution in [2.45, 2.75) is 19.3 Å². The van der Waals surface area contributed by atoms with E-state index in [4.69, 9.17) is 0 Å². The van der Waals surface area contributed by atoms with E-state index in [1.165, 1.54) is 4.90 Å². The van der Waals surface area contributed by atoms with Crippen molar-refractivity contribution >= 4 is 33.7 Å². The molecule has 136 valence electrons. The first-order valence-electron chi connectivity index (χ1n) is 8.35. The zero-order valence-electron chi connectivity index (χ0n) is 14.4. The highest BCUT2D eigenvalue weighted by Gasteiger charge is 2.35. The molecule has 0 atom stereocenters. The van der Waals surface area contributed by atoms with Crippen LogP contribution >= 0.6 is 15.9 Å². The molecule has 3 rings (SSSR count). The number of carbonyl (C=O) groups is 3. The van der Waals surface area contributed by atoms with Crippen LogP contribution in [0.25, 0.3) is 0 Å². The number of hydrogen-bond acceptors (Lipinski definition) is 4. The molecule has 0 aliphatic carbocycles. The molecular formula is C18H19BrN4O3. The second kappa shape index (κ2) is 7.82. The van der Waals surface area contributed by atoms with Gasteiger partial charge in [-0.15, -0.1) is 0 Å². The Bertz CT molecular complexity index is 862. The van der Waals surface area contributed by atoms with Crippen LogP contribution in [-0.4, -0.2) is 45.3 Å². The van der Waals surface area contributed by atoms with E-state index >= 15 is 0 Å². The van der Waals surface area contributed by atoms with Crippen LogP contribution in [0.5, 0.6) is 0 Å². The van der Waals surface area contributed by atoms with E-state index in [1.807, 2.05) is 17.8 Å². The van der Waals surface area contributed by atoms with Crippen molar-refractivity contribution in [3.63, 3.8) is 0 Å². The van der Waals surface area contributed by atoms with Crippen molar-refractivity contribution < 1.29 is 14.4 Å². The summed E-state index contributed by atoms with van der Waals surface area (Å²) >= 11 is 3.31. The molecule has 1 aromatic heterocycles. The quantitative estimate of drug-likeness (QED) is 0.696. The van der Waals surface area contributed by atoms with Crippen LogP contribution in [-0.2, 0) is 18.3 Å². The summed E-state index contributed by atoms with van der Waals surface area (Å²) < 4.78 is 2.61. The van der Waals surface area contributed by atoms with Crippen LogP contribution in [0, 0.1) is 0 Å². The van der Waals surface area contributed by atoms with Crippen LogP contribution < -0.4 is 5.32 Å². The third-order valence-corrected chi connectivity index (χ3v) is 4.67. The fourth-order valence-electron chi connectivity index (χ4n) is 2.88. The summed E-state index contributed by atoms with van der Waals surface area (Å²) in [6, 6.07) is 5.03. The number of carbonyl (C=O) groups excluding carboxylic acids is 3. The van der Waals surface area contributed by atoms with Crippen LogP contribution in [0.3, 0.4) is 0 Å². The van der Waals surface area contributed by atoms with Gasteiger partial charge in [-0.25, -0.2) is 4.98 Å². The fraction of sp³-hybridized carbons (Fsp3) is 0.333. The standard InChI is InChI=1S/C18H19BrN4O3/c1-22-10-13(21-11-22)6-7-20-16(24)3-2-8-23-17(25)14-5-4-12(19)9-15(14)18(23)26/h4-5,9-11H,2-3,6-8H2,1H3,(H,20,24). The van der Waals surface area contributed by atoms with Crippen LogP contribution in [0.15, 0.2) is 35.2 Å². The zero-order valence-corrected chi connectivity index (χ0v) is 16.0. The minimum atomic E-state index is -0.304. The van der Waals surface area contributed by atoms with Crippen molar-refractivity contribution in [3.8, 4) is 0 Å². The van der Waals surface area contributed by atoms with Gasteiger partial charge in [0.15, 0.2) is 0 Å². The number of fused-ring (bicyclic) bond motifs is 1. The Hall–Kier alpha value is -2.48. The van der Waals surface area contributed by atoms with E-state index in [-0.39, 0.29) is 30.7 Å². The molecule has 0 saturated carbocycles. The first kappa shape index (κ1) is 18.3. The minimum Gasteiger partial charge on any atom is -0.356 e. The van der Waals surface area contributed by atoms with Crippen LogP contribution in [0.4, 0.5) is 0 Å². The molecule has 2 aromatic rings. The van der Waals surface area contributed by atoms with Gasteiger partial charge in [0, 0.05) is 43.6 Å². The maximum absolute atomic E-state index is 12.3. The third-order valence-electron chi connectivity index (χ3n) is 4.18. The van der Waals surface area contributed by atoms with E-state index in [0.29, 0.717) is 30.5 Å². The molecule has 0 bridgehead atoms. The molecule has 0 radical (unpaired) electrons. The van der Waals surface area contributed by atoms with E-state index in [0.717, 1.165) is 10.2 Å². The monoisotopic (exact) mass is 418 g/mol. The SMILES string of the molecule is Cn1cnc(CCNC(=O)CCCN2C(=O)c3ccc(Br)cc3C2=O)c1. The molecule has 0 fully saturated rings. The number of imide groups is 1. The van der Waals surface area contributed by atoms with Crippen molar-refractivity contribution in [2.24, 2.45) is 7.05 Å². The molecule has 1 aliphatic heterocycles. The molecule has 0 saturated heterocycles. The highest BCUT2D eigenvalue weighted by atomic mass is 79.9. The average molecular weight is 419 g/mol. The largest absolute Gasteiger partial charge is 0.356 e. The Kier molecular flexibility index (Phi) is 5.51. The highest BCUT2D eigenvalue weighted by molar-refractivity contribution is 9.10. The molecule has 26 heavy (non-hydrogen) atoms. The molecule has 2 heterocycles. The molecule has 0 spiro atoms. The first-order chi connectivity index (χ1) is 12.5. The van der Waals surface area contributed by atoms with E-state index < -0.39 is 0 Å². The average Bonchev–Trinajstić information content (AvgIpc) is 3.11. The topological polar surface area (TPSA) is 84.3 Å². The zero-order chi connectivity index (χ0) is 18.7. The lowest BCUT2D eigenvalue weighted by molar-refractivity contribution is -0.121. The Labute approximate surface area is 159 Å². The number of benzene rings is 1. The minimum absolute atomic E-state index is 0.0970. The van der Waals surface area contributed by atoms with Gasteiger partial charge in [-0.05, 0) is 24.6 Å². The Morgan fingerprint density at radius 2 is 2.00 bits per heavy atom.